The molecule has 2 N–H and O–H groups in total. The number of aromatic nitrogens is 2. The van der Waals surface area contributed by atoms with E-state index < -0.39 is 0 Å². The Hall–Kier alpha value is -3.54. The number of oxazole rings is 1. The van der Waals surface area contributed by atoms with E-state index in [4.69, 9.17) is 19.6 Å². The maximum absolute atomic E-state index is 6.10. The Morgan fingerprint density at radius 2 is 1.96 bits per heavy atom. The molecule has 0 aliphatic carbocycles. The summed E-state index contributed by atoms with van der Waals surface area (Å²) >= 11 is 0. The van der Waals surface area contributed by atoms with Gasteiger partial charge in [0.05, 0.1) is 13.0 Å². The van der Waals surface area contributed by atoms with Gasteiger partial charge in [-0.15, -0.1) is 0 Å². The minimum Gasteiger partial charge on any atom is -0.497 e. The highest BCUT2D eigenvalue weighted by Gasteiger charge is 2.26. The molecule has 2 aromatic heterocycles. The van der Waals surface area contributed by atoms with Crippen molar-refractivity contribution in [2.45, 2.75) is 12.3 Å². The fraction of sp³-hybridized carbons (Fsp3) is 0.182. The summed E-state index contributed by atoms with van der Waals surface area (Å²) in [5, 5.41) is 0. The molecule has 6 nitrogen and oxygen atoms in total. The predicted molar refractivity (Wildman–Crippen MR) is 107 cm³/mol. The fourth-order valence-electron chi connectivity index (χ4n) is 3.58. The predicted octanol–water partition coefficient (Wildman–Crippen LogP) is 4.20. The molecule has 0 saturated heterocycles. The van der Waals surface area contributed by atoms with E-state index in [0.29, 0.717) is 18.3 Å². The molecule has 6 heteroatoms. The average Bonchev–Trinajstić information content (AvgIpc) is 3.16. The molecular weight excluding hydrogens is 354 g/mol. The molecule has 1 aliphatic rings. The Morgan fingerprint density at radius 1 is 1.07 bits per heavy atom. The van der Waals surface area contributed by atoms with Crippen LogP contribution in [0.3, 0.4) is 0 Å². The van der Waals surface area contributed by atoms with Crippen molar-refractivity contribution in [1.29, 1.82) is 0 Å². The zero-order chi connectivity index (χ0) is 19.1. The monoisotopic (exact) mass is 373 g/mol. The molecule has 2 aromatic carbocycles. The van der Waals surface area contributed by atoms with Crippen LogP contribution in [0.1, 0.15) is 17.4 Å². The number of benzene rings is 2. The van der Waals surface area contributed by atoms with E-state index in [0.717, 1.165) is 45.7 Å². The molecule has 0 saturated carbocycles. The Balaban J connectivity index is 1.47. The van der Waals surface area contributed by atoms with Crippen LogP contribution in [0.15, 0.2) is 59.1 Å². The number of ether oxygens (including phenoxy) is 2. The van der Waals surface area contributed by atoms with E-state index in [9.17, 15) is 0 Å². The van der Waals surface area contributed by atoms with E-state index in [1.165, 1.54) is 0 Å². The third-order valence-electron chi connectivity index (χ3n) is 5.04. The number of nitrogens with zero attached hydrogens (tertiary/aromatic N) is 2. The quantitative estimate of drug-likeness (QED) is 0.579. The van der Waals surface area contributed by atoms with Crippen molar-refractivity contribution in [2.75, 3.05) is 19.5 Å². The second-order valence-corrected chi connectivity index (χ2v) is 6.89. The Morgan fingerprint density at radius 3 is 2.82 bits per heavy atom. The third kappa shape index (κ3) is 2.93. The molecule has 1 unspecified atom stereocenters. The molecule has 0 fully saturated rings. The maximum Gasteiger partial charge on any atom is 0.202 e. The van der Waals surface area contributed by atoms with Gasteiger partial charge in [-0.3, -0.25) is 0 Å². The van der Waals surface area contributed by atoms with E-state index >= 15 is 0 Å². The van der Waals surface area contributed by atoms with Crippen LogP contribution in [0.25, 0.3) is 22.2 Å². The molecule has 28 heavy (non-hydrogen) atoms. The minimum atomic E-state index is 0.0621. The Kier molecular flexibility index (Phi) is 3.90. The molecule has 5 rings (SSSR count). The van der Waals surface area contributed by atoms with Crippen LogP contribution in [-0.2, 0) is 6.42 Å². The van der Waals surface area contributed by atoms with Crippen molar-refractivity contribution in [2.24, 2.45) is 0 Å². The van der Waals surface area contributed by atoms with Crippen molar-refractivity contribution in [3.63, 3.8) is 0 Å². The molecule has 0 radical (unpaired) electrons. The van der Waals surface area contributed by atoms with E-state index in [1.807, 2.05) is 48.5 Å². The first-order valence-corrected chi connectivity index (χ1v) is 9.12. The van der Waals surface area contributed by atoms with Gasteiger partial charge in [0, 0.05) is 6.20 Å². The first-order valence-electron chi connectivity index (χ1n) is 9.12. The van der Waals surface area contributed by atoms with Crippen LogP contribution in [0.5, 0.6) is 11.5 Å². The van der Waals surface area contributed by atoms with Gasteiger partial charge in [-0.2, -0.15) is 0 Å². The summed E-state index contributed by atoms with van der Waals surface area (Å²) in [4.78, 5) is 8.73. The van der Waals surface area contributed by atoms with Gasteiger partial charge in [-0.1, -0.05) is 6.07 Å². The van der Waals surface area contributed by atoms with Crippen LogP contribution in [0.2, 0.25) is 0 Å². The van der Waals surface area contributed by atoms with Crippen LogP contribution in [0.4, 0.5) is 5.82 Å². The number of rotatable bonds is 3. The van der Waals surface area contributed by atoms with Crippen LogP contribution in [-0.4, -0.2) is 23.7 Å². The Bertz CT molecular complexity index is 1170. The van der Waals surface area contributed by atoms with E-state index in [-0.39, 0.29) is 5.92 Å². The van der Waals surface area contributed by atoms with Crippen LogP contribution < -0.4 is 15.2 Å². The summed E-state index contributed by atoms with van der Waals surface area (Å²) < 4.78 is 17.3. The SMILES string of the molecule is COc1ccc2c(c1)CC(c1nc3ccc(-c4ccnc(N)c4)cc3o1)CO2. The van der Waals surface area contributed by atoms with Crippen molar-refractivity contribution in [1.82, 2.24) is 9.97 Å². The summed E-state index contributed by atoms with van der Waals surface area (Å²) in [6.07, 6.45) is 2.50. The third-order valence-corrected chi connectivity index (χ3v) is 5.04. The fourth-order valence-corrected chi connectivity index (χ4v) is 3.58. The summed E-state index contributed by atoms with van der Waals surface area (Å²) in [5.74, 6) is 2.96. The van der Waals surface area contributed by atoms with Crippen molar-refractivity contribution in [3.05, 3.63) is 66.2 Å². The van der Waals surface area contributed by atoms with Crippen molar-refractivity contribution >= 4 is 16.9 Å². The Labute approximate surface area is 161 Å². The zero-order valence-electron chi connectivity index (χ0n) is 15.4. The van der Waals surface area contributed by atoms with Gasteiger partial charge in [0.1, 0.15) is 29.4 Å². The smallest absolute Gasteiger partial charge is 0.202 e. The summed E-state index contributed by atoms with van der Waals surface area (Å²) in [6, 6.07) is 15.6. The highest BCUT2D eigenvalue weighted by atomic mass is 16.5. The molecule has 0 bridgehead atoms. The minimum absolute atomic E-state index is 0.0621. The lowest BCUT2D eigenvalue weighted by molar-refractivity contribution is 0.243. The van der Waals surface area contributed by atoms with E-state index in [2.05, 4.69) is 9.97 Å². The number of anilines is 1. The van der Waals surface area contributed by atoms with E-state index in [1.54, 1.807) is 13.3 Å². The lowest BCUT2D eigenvalue weighted by Crippen LogP contribution is -2.19. The second kappa shape index (κ2) is 6.56. The first kappa shape index (κ1) is 16.6. The molecule has 4 aromatic rings. The summed E-state index contributed by atoms with van der Waals surface area (Å²) in [6.45, 7) is 0.542. The molecule has 1 atom stereocenters. The van der Waals surface area contributed by atoms with Crippen LogP contribution in [0, 0.1) is 0 Å². The van der Waals surface area contributed by atoms with Gasteiger partial charge in [0.25, 0.3) is 0 Å². The van der Waals surface area contributed by atoms with Gasteiger partial charge >= 0.3 is 0 Å². The lowest BCUT2D eigenvalue weighted by Gasteiger charge is -2.23. The molecular formula is C22H19N3O3. The maximum atomic E-state index is 6.10. The first-order chi connectivity index (χ1) is 13.7. The largest absolute Gasteiger partial charge is 0.497 e. The topological polar surface area (TPSA) is 83.4 Å². The molecule has 0 spiro atoms. The number of nitrogen functional groups attached to an aromatic ring is 1. The summed E-state index contributed by atoms with van der Waals surface area (Å²) in [7, 11) is 1.66. The van der Waals surface area contributed by atoms with Gasteiger partial charge in [-0.05, 0) is 65.6 Å². The van der Waals surface area contributed by atoms with Crippen molar-refractivity contribution < 1.29 is 13.9 Å². The van der Waals surface area contributed by atoms with Gasteiger partial charge in [0.15, 0.2) is 5.58 Å². The van der Waals surface area contributed by atoms with Crippen molar-refractivity contribution in [3.8, 4) is 22.6 Å². The number of hydrogen-bond acceptors (Lipinski definition) is 6. The normalized spacial score (nSPS) is 15.8. The molecule has 1 aliphatic heterocycles. The zero-order valence-corrected chi connectivity index (χ0v) is 15.4. The average molecular weight is 373 g/mol. The molecule has 0 amide bonds. The second-order valence-electron chi connectivity index (χ2n) is 6.89. The highest BCUT2D eigenvalue weighted by Crippen LogP contribution is 2.36. The molecule has 3 heterocycles. The molecule has 140 valence electrons. The van der Waals surface area contributed by atoms with Gasteiger partial charge in [-0.25, -0.2) is 9.97 Å². The summed E-state index contributed by atoms with van der Waals surface area (Å²) in [5.41, 5.74) is 10.5. The van der Waals surface area contributed by atoms with Gasteiger partial charge < -0.3 is 19.6 Å². The standard InChI is InChI=1S/C22H19N3O3/c1-26-17-3-5-19-15(9-17)8-16(12-27-19)22-25-18-4-2-13(10-20(18)28-22)14-6-7-24-21(23)11-14/h2-7,9-11,16H,8,12H2,1H3,(H2,23,24). The lowest BCUT2D eigenvalue weighted by atomic mass is 9.96. The van der Waals surface area contributed by atoms with Crippen LogP contribution >= 0.6 is 0 Å². The number of methoxy groups -OCH3 is 1. The number of hydrogen-bond donors (Lipinski definition) is 1. The highest BCUT2D eigenvalue weighted by molar-refractivity contribution is 5.80. The number of nitrogens with two attached hydrogens (primary N) is 1. The number of pyridine rings is 1. The number of fused-ring (bicyclic) bond motifs is 2. The van der Waals surface area contributed by atoms with Gasteiger partial charge in [0.2, 0.25) is 5.89 Å².